The number of hydrogen-bond acceptors (Lipinski definition) is 4. The Morgan fingerprint density at radius 3 is 2.29 bits per heavy atom. The highest BCUT2D eigenvalue weighted by atomic mass is 32.2. The van der Waals surface area contributed by atoms with Crippen LogP contribution in [-0.2, 0) is 14.8 Å². The first kappa shape index (κ1) is 22.4. The molecule has 0 bridgehead atoms. The van der Waals surface area contributed by atoms with Crippen LogP contribution in [0.2, 0.25) is 0 Å². The van der Waals surface area contributed by atoms with E-state index in [0.29, 0.717) is 36.1 Å². The summed E-state index contributed by atoms with van der Waals surface area (Å²) in [6.45, 7) is 2.67. The minimum atomic E-state index is -3.51. The summed E-state index contributed by atoms with van der Waals surface area (Å²) >= 11 is 1.87. The molecule has 1 N–H and O–H groups in total. The second kappa shape index (κ2) is 9.76. The molecule has 31 heavy (non-hydrogen) atoms. The number of nitrogens with one attached hydrogen (secondary N) is 1. The number of nitrogens with zero attached hydrogens (tertiary/aromatic N) is 1. The van der Waals surface area contributed by atoms with Crippen molar-refractivity contribution in [2.24, 2.45) is 5.92 Å². The summed E-state index contributed by atoms with van der Waals surface area (Å²) < 4.78 is 27.3. The smallest absolute Gasteiger partial charge is 0.243 e. The topological polar surface area (TPSA) is 66.5 Å². The van der Waals surface area contributed by atoms with E-state index in [4.69, 9.17) is 0 Å². The molecule has 166 valence electrons. The lowest BCUT2D eigenvalue weighted by Crippen LogP contribution is -2.41. The largest absolute Gasteiger partial charge is 0.325 e. The fourth-order valence-corrected chi connectivity index (χ4v) is 7.11. The summed E-state index contributed by atoms with van der Waals surface area (Å²) in [5, 5.41) is 3.75. The van der Waals surface area contributed by atoms with E-state index in [9.17, 15) is 13.2 Å². The third kappa shape index (κ3) is 5.33. The van der Waals surface area contributed by atoms with Gasteiger partial charge in [0.25, 0.3) is 0 Å². The molecule has 0 radical (unpaired) electrons. The second-order valence-corrected chi connectivity index (χ2v) is 11.8. The van der Waals surface area contributed by atoms with Gasteiger partial charge < -0.3 is 5.32 Å². The van der Waals surface area contributed by atoms with Gasteiger partial charge in [-0.05, 0) is 56.9 Å². The summed E-state index contributed by atoms with van der Waals surface area (Å²) in [6, 6.07) is 14.9. The lowest BCUT2D eigenvalue weighted by Gasteiger charge is -2.30. The number of aryl methyl sites for hydroxylation is 1. The quantitative estimate of drug-likeness (QED) is 0.656. The minimum absolute atomic E-state index is 0.00754. The van der Waals surface area contributed by atoms with E-state index in [0.717, 1.165) is 16.1 Å². The van der Waals surface area contributed by atoms with Crippen LogP contribution in [0.1, 0.15) is 44.1 Å². The zero-order valence-electron chi connectivity index (χ0n) is 17.9. The highest BCUT2D eigenvalue weighted by molar-refractivity contribution is 8.00. The van der Waals surface area contributed by atoms with Gasteiger partial charge in [0.05, 0.1) is 10.6 Å². The Bertz CT molecular complexity index is 1010. The van der Waals surface area contributed by atoms with E-state index in [2.05, 4.69) is 11.4 Å². The van der Waals surface area contributed by atoms with Crippen LogP contribution in [0.25, 0.3) is 0 Å². The maximum atomic E-state index is 12.9. The van der Waals surface area contributed by atoms with Gasteiger partial charge in [0.2, 0.25) is 15.9 Å². The maximum absolute atomic E-state index is 12.9. The second-order valence-electron chi connectivity index (χ2n) is 8.50. The van der Waals surface area contributed by atoms with Crippen LogP contribution in [0.3, 0.4) is 0 Å². The Balaban J connectivity index is 1.36. The fourth-order valence-electron chi connectivity index (χ4n) is 4.31. The summed E-state index contributed by atoms with van der Waals surface area (Å²) in [4.78, 5) is 14.4. The SMILES string of the molecule is Cc1ccc(S(=O)(=O)N2CCC(C(=O)Nc3ccccc3SC3CCCC3)CC2)cc1. The van der Waals surface area contributed by atoms with Crippen molar-refractivity contribution in [2.75, 3.05) is 18.4 Å². The first-order valence-electron chi connectivity index (χ1n) is 11.1. The van der Waals surface area contributed by atoms with Crippen LogP contribution in [0.5, 0.6) is 0 Å². The van der Waals surface area contributed by atoms with Gasteiger partial charge in [-0.3, -0.25) is 4.79 Å². The Kier molecular flexibility index (Phi) is 7.04. The number of carbonyl (C=O) groups excluding carboxylic acids is 1. The normalized spacial score (nSPS) is 18.9. The highest BCUT2D eigenvalue weighted by Crippen LogP contribution is 2.38. The molecule has 1 aliphatic carbocycles. The molecule has 1 saturated heterocycles. The van der Waals surface area contributed by atoms with E-state index in [1.54, 1.807) is 12.1 Å². The lowest BCUT2D eigenvalue weighted by atomic mass is 9.97. The molecule has 0 aromatic heterocycles. The molecule has 2 aliphatic rings. The number of benzene rings is 2. The number of hydrogen-bond donors (Lipinski definition) is 1. The van der Waals surface area contributed by atoms with Gasteiger partial charge in [0, 0.05) is 29.2 Å². The van der Waals surface area contributed by atoms with Crippen LogP contribution in [-0.4, -0.2) is 37.0 Å². The van der Waals surface area contributed by atoms with Crippen LogP contribution in [0, 0.1) is 12.8 Å². The van der Waals surface area contributed by atoms with Crippen molar-refractivity contribution in [1.29, 1.82) is 0 Å². The van der Waals surface area contributed by atoms with Crippen molar-refractivity contribution < 1.29 is 13.2 Å². The van der Waals surface area contributed by atoms with E-state index in [1.165, 1.54) is 30.0 Å². The summed E-state index contributed by atoms with van der Waals surface area (Å²) in [6.07, 6.45) is 6.12. The van der Waals surface area contributed by atoms with Gasteiger partial charge in [-0.2, -0.15) is 4.31 Å². The van der Waals surface area contributed by atoms with Crippen LogP contribution < -0.4 is 5.32 Å². The Hall–Kier alpha value is -1.83. The average Bonchev–Trinajstić information content (AvgIpc) is 3.29. The van der Waals surface area contributed by atoms with Crippen molar-refractivity contribution in [2.45, 2.75) is 60.5 Å². The summed E-state index contributed by atoms with van der Waals surface area (Å²) in [5.41, 5.74) is 1.90. The molecule has 5 nitrogen and oxygen atoms in total. The molecule has 4 rings (SSSR count). The molecular weight excluding hydrogens is 428 g/mol. The zero-order valence-corrected chi connectivity index (χ0v) is 19.6. The van der Waals surface area contributed by atoms with Crippen LogP contribution in [0.15, 0.2) is 58.3 Å². The molecule has 1 amide bonds. The fraction of sp³-hybridized carbons (Fsp3) is 0.458. The average molecular weight is 459 g/mol. The lowest BCUT2D eigenvalue weighted by molar-refractivity contribution is -0.120. The van der Waals surface area contributed by atoms with Gasteiger partial charge >= 0.3 is 0 Å². The van der Waals surface area contributed by atoms with Crippen molar-refractivity contribution in [3.8, 4) is 0 Å². The number of anilines is 1. The predicted molar refractivity (Wildman–Crippen MR) is 126 cm³/mol. The molecule has 1 heterocycles. The third-order valence-electron chi connectivity index (χ3n) is 6.22. The zero-order chi connectivity index (χ0) is 21.8. The van der Waals surface area contributed by atoms with Gasteiger partial charge in [0.1, 0.15) is 0 Å². The standard InChI is InChI=1S/C24H30N2O3S2/c1-18-10-12-21(13-11-18)31(28,29)26-16-14-19(15-17-26)24(27)25-22-8-4-5-9-23(22)30-20-6-2-3-7-20/h4-5,8-13,19-20H,2-3,6-7,14-17H2,1H3,(H,25,27). The van der Waals surface area contributed by atoms with Gasteiger partial charge in [-0.1, -0.05) is 42.7 Å². The number of para-hydroxylation sites is 1. The van der Waals surface area contributed by atoms with Gasteiger partial charge in [-0.15, -0.1) is 11.8 Å². The number of rotatable bonds is 6. The number of thioether (sulfide) groups is 1. The Labute approximate surface area is 189 Å². The minimum Gasteiger partial charge on any atom is -0.325 e. The van der Waals surface area contributed by atoms with Crippen molar-refractivity contribution in [3.05, 3.63) is 54.1 Å². The Morgan fingerprint density at radius 1 is 0.968 bits per heavy atom. The van der Waals surface area contributed by atoms with E-state index in [-0.39, 0.29) is 11.8 Å². The van der Waals surface area contributed by atoms with Crippen molar-refractivity contribution >= 4 is 33.4 Å². The van der Waals surface area contributed by atoms with Crippen LogP contribution >= 0.6 is 11.8 Å². The molecule has 1 aliphatic heterocycles. The molecule has 0 spiro atoms. The molecule has 2 fully saturated rings. The molecule has 7 heteroatoms. The van der Waals surface area contributed by atoms with E-state index < -0.39 is 10.0 Å². The number of piperidine rings is 1. The number of amides is 1. The molecule has 0 atom stereocenters. The first-order chi connectivity index (χ1) is 14.9. The van der Waals surface area contributed by atoms with Gasteiger partial charge in [0.15, 0.2) is 0 Å². The molecular formula is C24H30N2O3S2. The van der Waals surface area contributed by atoms with E-state index >= 15 is 0 Å². The molecule has 0 unspecified atom stereocenters. The van der Waals surface area contributed by atoms with Gasteiger partial charge in [-0.25, -0.2) is 8.42 Å². The highest BCUT2D eigenvalue weighted by Gasteiger charge is 2.32. The first-order valence-corrected chi connectivity index (χ1v) is 13.4. The van der Waals surface area contributed by atoms with Crippen LogP contribution in [0.4, 0.5) is 5.69 Å². The van der Waals surface area contributed by atoms with E-state index in [1.807, 2.05) is 49.0 Å². The number of carbonyl (C=O) groups is 1. The molecule has 2 aromatic rings. The molecule has 2 aromatic carbocycles. The maximum Gasteiger partial charge on any atom is 0.243 e. The predicted octanol–water partition coefficient (Wildman–Crippen LogP) is 5.07. The number of sulfonamides is 1. The summed E-state index contributed by atoms with van der Waals surface area (Å²) in [5.74, 6) is -0.180. The molecule has 1 saturated carbocycles. The van der Waals surface area contributed by atoms with Crippen molar-refractivity contribution in [1.82, 2.24) is 4.31 Å². The Morgan fingerprint density at radius 2 is 1.61 bits per heavy atom. The third-order valence-corrected chi connectivity index (χ3v) is 9.55. The monoisotopic (exact) mass is 458 g/mol. The van der Waals surface area contributed by atoms with Crippen molar-refractivity contribution in [3.63, 3.8) is 0 Å². The summed E-state index contributed by atoms with van der Waals surface area (Å²) in [7, 11) is -3.51.